The maximum absolute atomic E-state index is 15.4. The molecule has 24 nitrogen and oxygen atoms in total. The van der Waals surface area contributed by atoms with Gasteiger partial charge in [-0.3, -0.25) is 33.6 Å². The zero-order valence-electron chi connectivity index (χ0n) is 50.7. The number of rotatable bonds is 21. The van der Waals surface area contributed by atoms with E-state index in [2.05, 4.69) is 47.4 Å². The first-order valence-corrected chi connectivity index (χ1v) is 31.3. The summed E-state index contributed by atoms with van der Waals surface area (Å²) in [5.74, 6) is -5.38. The molecule has 8 rings (SSSR count). The lowest BCUT2D eigenvalue weighted by atomic mass is 9.79. The second-order valence-corrected chi connectivity index (χ2v) is 24.4. The van der Waals surface area contributed by atoms with E-state index in [4.69, 9.17) is 24.4 Å². The average molecular weight is 1220 g/mol. The van der Waals surface area contributed by atoms with Gasteiger partial charge in [0.05, 0.1) is 36.6 Å². The number of unbranched alkanes of at least 4 members (excludes halogenated alkanes) is 5. The van der Waals surface area contributed by atoms with Crippen molar-refractivity contribution in [2.24, 2.45) is 17.6 Å². The number of phenolic OH excluding ortho intramolecular Hbond substituents is 1. The number of carbonyl (C=O) groups is 7. The zero-order chi connectivity index (χ0) is 63.2. The lowest BCUT2D eigenvalue weighted by Gasteiger charge is -2.35. The van der Waals surface area contributed by atoms with Crippen LogP contribution in [0.1, 0.15) is 129 Å². The minimum Gasteiger partial charge on any atom is -0.508 e. The van der Waals surface area contributed by atoms with E-state index in [-0.39, 0.29) is 38.1 Å². The Morgan fingerprint density at radius 3 is 1.97 bits per heavy atom. The Balaban J connectivity index is 1.14. The number of aromatic hydroxyl groups is 1. The molecule has 26 heteroatoms. The van der Waals surface area contributed by atoms with Crippen LogP contribution < -0.4 is 43.2 Å². The van der Waals surface area contributed by atoms with Crippen LogP contribution in [0.25, 0.3) is 0 Å². The Kier molecular flexibility index (Phi) is 24.4. The van der Waals surface area contributed by atoms with Crippen LogP contribution in [-0.2, 0) is 52.2 Å². The smallest absolute Gasteiger partial charge is 0.495 e. The number of phenols is 1. The number of hydrogen-bond acceptors (Lipinski definition) is 17. The molecule has 7 amide bonds. The van der Waals surface area contributed by atoms with Crippen LogP contribution in [0.2, 0.25) is 0 Å². The Labute approximate surface area is 515 Å². The van der Waals surface area contributed by atoms with Crippen molar-refractivity contribution in [3.8, 4) is 5.75 Å². The number of nitrogens with two attached hydrogens (primary N) is 1. The molecule has 88 heavy (non-hydrogen) atoms. The summed E-state index contributed by atoms with van der Waals surface area (Å²) in [4.78, 5) is 106. The van der Waals surface area contributed by atoms with Gasteiger partial charge in [-0.1, -0.05) is 139 Å². The van der Waals surface area contributed by atoms with Crippen LogP contribution in [0.4, 0.5) is 0 Å². The van der Waals surface area contributed by atoms with Gasteiger partial charge in [-0.2, -0.15) is 0 Å². The second-order valence-electron chi connectivity index (χ2n) is 24.4. The predicted octanol–water partition coefficient (Wildman–Crippen LogP) is 0.0473. The van der Waals surface area contributed by atoms with Gasteiger partial charge in [0, 0.05) is 32.4 Å². The fourth-order valence-electron chi connectivity index (χ4n) is 12.5. The van der Waals surface area contributed by atoms with Crippen molar-refractivity contribution in [3.63, 3.8) is 0 Å². The molecule has 5 aliphatic heterocycles. The van der Waals surface area contributed by atoms with Crippen molar-refractivity contribution >= 4 is 66.5 Å². The molecule has 0 spiro atoms. The number of aliphatic hydroxyl groups is 4. The summed E-state index contributed by atoms with van der Waals surface area (Å²) in [5.41, 5.74) is 7.31. The van der Waals surface area contributed by atoms with E-state index in [1.54, 1.807) is 60.7 Å². The van der Waals surface area contributed by atoms with Crippen LogP contribution in [0.3, 0.4) is 0 Å². The quantitative estimate of drug-likeness (QED) is 0.0496. The summed E-state index contributed by atoms with van der Waals surface area (Å²) >= 11 is 0. The number of aliphatic hydroxyl groups excluding tert-OH is 4. The average Bonchev–Trinajstić information content (AvgIpc) is 3.13. The highest BCUT2D eigenvalue weighted by Crippen LogP contribution is 2.35. The Bertz CT molecular complexity index is 2820. The Hall–Kier alpha value is -6.48. The fourth-order valence-corrected chi connectivity index (χ4v) is 12.5. The Morgan fingerprint density at radius 2 is 1.32 bits per heavy atom. The monoisotopic (exact) mass is 1220 g/mol. The van der Waals surface area contributed by atoms with E-state index in [1.807, 2.05) is 0 Å². The fraction of sp³-hybridized carbons (Fsp3) is 0.597. The first-order chi connectivity index (χ1) is 42.2. The van der Waals surface area contributed by atoms with E-state index < -0.39 is 160 Å². The van der Waals surface area contributed by atoms with Gasteiger partial charge in [-0.05, 0) is 79.6 Å². The molecule has 5 saturated heterocycles. The van der Waals surface area contributed by atoms with E-state index in [0.29, 0.717) is 34.7 Å². The van der Waals surface area contributed by atoms with Gasteiger partial charge in [0.1, 0.15) is 54.3 Å². The van der Waals surface area contributed by atoms with Crippen LogP contribution in [-0.4, -0.2) is 190 Å². The molecule has 0 saturated carbocycles. The molecule has 5 aliphatic rings. The summed E-state index contributed by atoms with van der Waals surface area (Å²) in [5, 5.41) is 69.8. The first kappa shape index (κ1) is 67.5. The molecular formula is C62H88B2N8O16. The van der Waals surface area contributed by atoms with Crippen molar-refractivity contribution in [1.29, 1.82) is 0 Å². The van der Waals surface area contributed by atoms with E-state index in [1.165, 1.54) is 37.6 Å². The van der Waals surface area contributed by atoms with Crippen molar-refractivity contribution in [3.05, 3.63) is 90.5 Å². The maximum atomic E-state index is 15.4. The third-order valence-corrected chi connectivity index (χ3v) is 17.5. The molecule has 3 aromatic carbocycles. The predicted molar refractivity (Wildman–Crippen MR) is 324 cm³/mol. The minimum absolute atomic E-state index is 0.0230. The topological polar surface area (TPSA) is 350 Å². The summed E-state index contributed by atoms with van der Waals surface area (Å²) in [6, 6.07) is 12.7. The van der Waals surface area contributed by atoms with Crippen molar-refractivity contribution in [1.82, 2.24) is 36.4 Å². The number of amides is 7. The van der Waals surface area contributed by atoms with Gasteiger partial charge in [0.25, 0.3) is 0 Å². The number of carbonyl (C=O) groups excluding carboxylic acids is 7. The van der Waals surface area contributed by atoms with Crippen LogP contribution in [0, 0.1) is 11.8 Å². The summed E-state index contributed by atoms with van der Waals surface area (Å²) in [6.45, 7) is 7.12. The highest BCUT2D eigenvalue weighted by Gasteiger charge is 2.53. The van der Waals surface area contributed by atoms with Gasteiger partial charge < -0.3 is 86.3 Å². The molecule has 0 radical (unpaired) electrons. The highest BCUT2D eigenvalue weighted by atomic mass is 16.7. The van der Waals surface area contributed by atoms with Crippen LogP contribution in [0.5, 0.6) is 5.75 Å². The molecule has 12 N–H and O–H groups in total. The summed E-state index contributed by atoms with van der Waals surface area (Å²) in [7, 11) is -2.35. The Morgan fingerprint density at radius 1 is 0.693 bits per heavy atom. The third-order valence-electron chi connectivity index (χ3n) is 17.5. The molecule has 0 aromatic heterocycles. The standard InChI is InChI=1S/C62H88B2N8O16/c1-5-36(2)32-37(3)18-12-8-6-7-9-17-23-49(78)66-44-34-48-60(88-63(85-48)40-19-13-10-14-20-40)70-59(82)53-47(77)29-31-71(53)62(84)51(46(76)28-30-65)68-58(81)52(69-57(80)45-33-43(75)35-72(45)61(83)50(38(4)73)67-56(44)79)55-54(39-24-26-42(74)27-25-39)86-64(87-55)41-21-15-11-16-22-41/h10-11,13-16,19-22,24-27,36-38,43-48,50-55,60,73-77H,5-9,12,17-18,23,28-35,65H2,1-4H3,(H,66,78)(H,67,79)(H,68,81)(H,69,80)(H,70,82)/t36?,37?,38-,43-,44?,45+,46-,47+,48-,50+,51+,52+,53?,54-,55+,60-/m1/s1. The van der Waals surface area contributed by atoms with Crippen molar-refractivity contribution in [2.45, 2.75) is 203 Å². The van der Waals surface area contributed by atoms with E-state index in [0.717, 1.165) is 54.7 Å². The zero-order valence-corrected chi connectivity index (χ0v) is 50.7. The van der Waals surface area contributed by atoms with Gasteiger partial charge in [0.2, 0.25) is 41.4 Å². The molecule has 0 bridgehead atoms. The van der Waals surface area contributed by atoms with Crippen LogP contribution in [0.15, 0.2) is 84.9 Å². The molecule has 16 atom stereocenters. The van der Waals surface area contributed by atoms with Crippen molar-refractivity contribution in [2.75, 3.05) is 19.6 Å². The third kappa shape index (κ3) is 17.3. The van der Waals surface area contributed by atoms with Gasteiger partial charge >= 0.3 is 14.2 Å². The highest BCUT2D eigenvalue weighted by molar-refractivity contribution is 6.62. The summed E-state index contributed by atoms with van der Waals surface area (Å²) < 4.78 is 25.8. The maximum Gasteiger partial charge on any atom is 0.495 e. The van der Waals surface area contributed by atoms with Gasteiger partial charge in [0.15, 0.2) is 0 Å². The minimum atomic E-state index is -1.90. The SMILES string of the molecule is CCC(C)CC(C)CCCCCCCCC(=O)NC1C[C@H]2OB(c3ccccc3)O[C@H]2NC(=O)C2[C@@H](O)CCN2C(=O)[C@H]([C@H](O)CCN)NC(=O)[C@H]([C@@H]2OB(c3ccccc3)O[C@@H]2c2ccc(O)cc2)NC(=O)[C@@H]2C[C@@H](O)CN2C(=O)[C@H]([C@@H](C)O)NC1=O. The molecule has 0 aliphatic carbocycles. The number of benzene rings is 3. The molecule has 3 aromatic rings. The molecule has 5 fully saturated rings. The molecule has 5 heterocycles. The van der Waals surface area contributed by atoms with E-state index >= 15 is 14.4 Å². The first-order valence-electron chi connectivity index (χ1n) is 31.3. The number of fused-ring (bicyclic) bond motifs is 3. The normalized spacial score (nSPS) is 29.0. The largest absolute Gasteiger partial charge is 0.508 e. The lowest BCUT2D eigenvalue weighted by molar-refractivity contribution is -0.147. The molecular weight excluding hydrogens is 1130 g/mol. The second kappa shape index (κ2) is 31.8. The van der Waals surface area contributed by atoms with Crippen LogP contribution >= 0.6 is 0 Å². The van der Waals surface area contributed by atoms with Gasteiger partial charge in [-0.25, -0.2) is 0 Å². The number of nitrogens with zero attached hydrogens (tertiary/aromatic N) is 2. The number of nitrogens with one attached hydrogen (secondary N) is 5. The molecule has 4 unspecified atom stereocenters. The molecule has 478 valence electrons. The van der Waals surface area contributed by atoms with Crippen molar-refractivity contribution < 1.29 is 77.7 Å². The summed E-state index contributed by atoms with van der Waals surface area (Å²) in [6.07, 6.45) is -3.94. The lowest BCUT2D eigenvalue weighted by Crippen LogP contribution is -2.64. The number of hydrogen-bond donors (Lipinski definition) is 11. The van der Waals surface area contributed by atoms with E-state index in [9.17, 15) is 44.7 Å². The van der Waals surface area contributed by atoms with Gasteiger partial charge in [-0.15, -0.1) is 0 Å².